The number of hydrogen-bond donors (Lipinski definition) is 1. The van der Waals surface area contributed by atoms with Crippen LogP contribution in [0.2, 0.25) is 0 Å². The monoisotopic (exact) mass is 318 g/mol. The molecular weight excluding hydrogens is 300 g/mol. The summed E-state index contributed by atoms with van der Waals surface area (Å²) in [6, 6.07) is 4.36. The minimum Gasteiger partial charge on any atom is -0.398 e. The van der Waals surface area contributed by atoms with Gasteiger partial charge < -0.3 is 5.73 Å². The van der Waals surface area contributed by atoms with Crippen molar-refractivity contribution in [3.05, 3.63) is 23.8 Å². The van der Waals surface area contributed by atoms with Gasteiger partial charge in [0.1, 0.15) is 4.90 Å². The number of nitrogens with zero attached hydrogens (tertiary/aromatic N) is 1. The molecule has 0 radical (unpaired) electrons. The van der Waals surface area contributed by atoms with Crippen molar-refractivity contribution >= 4 is 25.5 Å². The van der Waals surface area contributed by atoms with Gasteiger partial charge in [0.05, 0.1) is 17.2 Å². The Morgan fingerprint density at radius 1 is 1.35 bits per heavy atom. The van der Waals surface area contributed by atoms with Crippen LogP contribution in [0, 0.1) is 6.92 Å². The summed E-state index contributed by atoms with van der Waals surface area (Å²) in [5.74, 6) is -0.102. The Labute approximate surface area is 119 Å². The first-order valence-corrected chi connectivity index (χ1v) is 9.45. The molecule has 1 unspecified atom stereocenters. The zero-order valence-corrected chi connectivity index (χ0v) is 13.0. The molecule has 0 aromatic heterocycles. The van der Waals surface area contributed by atoms with Crippen molar-refractivity contribution in [2.45, 2.75) is 24.3 Å². The van der Waals surface area contributed by atoms with Crippen LogP contribution in [0.25, 0.3) is 0 Å². The minimum absolute atomic E-state index is 0.0286. The van der Waals surface area contributed by atoms with Crippen LogP contribution in [0.4, 0.5) is 5.69 Å². The predicted octanol–water partition coefficient (Wildman–Crippen LogP) is 0.385. The standard InChI is InChI=1S/C12H18N2O4S2/c1-9-4-3-5-11(13)12(9)20(17,18)14(2)10-6-7-19(15,16)8-10/h3-5,10H,6-8,13H2,1-2H3. The Balaban J connectivity index is 2.41. The van der Waals surface area contributed by atoms with Crippen LogP contribution in [0.15, 0.2) is 23.1 Å². The van der Waals surface area contributed by atoms with Crippen molar-refractivity contribution < 1.29 is 16.8 Å². The van der Waals surface area contributed by atoms with Crippen molar-refractivity contribution in [3.63, 3.8) is 0 Å². The van der Waals surface area contributed by atoms with Gasteiger partial charge in [-0.15, -0.1) is 0 Å². The van der Waals surface area contributed by atoms with Crippen LogP contribution in [0.5, 0.6) is 0 Å². The second-order valence-electron chi connectivity index (χ2n) is 5.07. The number of nitrogen functional groups attached to an aromatic ring is 1. The molecule has 1 aliphatic heterocycles. The van der Waals surface area contributed by atoms with Gasteiger partial charge in [-0.25, -0.2) is 16.8 Å². The zero-order valence-electron chi connectivity index (χ0n) is 11.4. The van der Waals surface area contributed by atoms with E-state index < -0.39 is 25.9 Å². The lowest BCUT2D eigenvalue weighted by Gasteiger charge is -2.24. The first-order chi connectivity index (χ1) is 9.15. The fraction of sp³-hybridized carbons (Fsp3) is 0.500. The van der Waals surface area contributed by atoms with Crippen LogP contribution in [-0.2, 0) is 19.9 Å². The van der Waals surface area contributed by atoms with E-state index in [4.69, 9.17) is 5.73 Å². The van der Waals surface area contributed by atoms with Crippen molar-refractivity contribution in [3.8, 4) is 0 Å². The molecule has 1 aromatic carbocycles. The molecular formula is C12H18N2O4S2. The van der Waals surface area contributed by atoms with Crippen LogP contribution in [0.3, 0.4) is 0 Å². The summed E-state index contributed by atoms with van der Waals surface area (Å²) in [5.41, 5.74) is 6.51. The largest absolute Gasteiger partial charge is 0.398 e. The lowest BCUT2D eigenvalue weighted by atomic mass is 10.2. The zero-order chi connectivity index (χ0) is 15.1. The van der Waals surface area contributed by atoms with E-state index in [1.807, 2.05) is 0 Å². The number of hydrogen-bond acceptors (Lipinski definition) is 5. The SMILES string of the molecule is Cc1cccc(N)c1S(=O)(=O)N(C)C1CCS(=O)(=O)C1. The molecule has 1 saturated heterocycles. The first kappa shape index (κ1) is 15.3. The molecule has 1 aliphatic rings. The first-order valence-electron chi connectivity index (χ1n) is 6.19. The van der Waals surface area contributed by atoms with Gasteiger partial charge in [-0.1, -0.05) is 12.1 Å². The summed E-state index contributed by atoms with van der Waals surface area (Å²) < 4.78 is 49.4. The summed E-state index contributed by atoms with van der Waals surface area (Å²) in [7, 11) is -5.52. The van der Waals surface area contributed by atoms with Crippen LogP contribution in [0.1, 0.15) is 12.0 Å². The average molecular weight is 318 g/mol. The van der Waals surface area contributed by atoms with E-state index in [1.54, 1.807) is 19.1 Å². The number of aryl methyl sites for hydroxylation is 1. The average Bonchev–Trinajstić information content (AvgIpc) is 2.68. The molecule has 2 rings (SSSR count). The van der Waals surface area contributed by atoms with E-state index in [9.17, 15) is 16.8 Å². The highest BCUT2D eigenvalue weighted by Crippen LogP contribution is 2.28. The van der Waals surface area contributed by atoms with E-state index in [0.717, 1.165) is 4.31 Å². The number of benzene rings is 1. The maximum Gasteiger partial charge on any atom is 0.245 e. The molecule has 0 amide bonds. The molecule has 1 fully saturated rings. The molecule has 0 spiro atoms. The summed E-state index contributed by atoms with van der Waals surface area (Å²) in [5, 5.41) is 0. The lowest BCUT2D eigenvalue weighted by Crippen LogP contribution is -2.38. The predicted molar refractivity (Wildman–Crippen MR) is 77.6 cm³/mol. The van der Waals surface area contributed by atoms with Gasteiger partial charge in [0, 0.05) is 13.1 Å². The van der Waals surface area contributed by atoms with Gasteiger partial charge in [-0.2, -0.15) is 4.31 Å². The fourth-order valence-electron chi connectivity index (χ4n) is 2.43. The molecule has 0 aliphatic carbocycles. The summed E-state index contributed by atoms with van der Waals surface area (Å²) in [4.78, 5) is 0.0618. The lowest BCUT2D eigenvalue weighted by molar-refractivity contribution is 0.394. The number of anilines is 1. The third-order valence-corrected chi connectivity index (χ3v) is 7.48. The molecule has 8 heteroatoms. The Morgan fingerprint density at radius 3 is 2.50 bits per heavy atom. The maximum absolute atomic E-state index is 12.6. The van der Waals surface area contributed by atoms with Crippen LogP contribution in [-0.4, -0.2) is 45.7 Å². The molecule has 6 nitrogen and oxygen atoms in total. The molecule has 20 heavy (non-hydrogen) atoms. The Morgan fingerprint density at radius 2 is 2.00 bits per heavy atom. The van der Waals surface area contributed by atoms with Crippen molar-refractivity contribution in [1.82, 2.24) is 4.31 Å². The third-order valence-electron chi connectivity index (χ3n) is 3.60. The van der Waals surface area contributed by atoms with Gasteiger partial charge in [-0.3, -0.25) is 0 Å². The Kier molecular flexibility index (Phi) is 3.83. The summed E-state index contributed by atoms with van der Waals surface area (Å²) in [6.07, 6.45) is 0.323. The van der Waals surface area contributed by atoms with Gasteiger partial charge in [0.25, 0.3) is 0 Å². The fourth-order valence-corrected chi connectivity index (χ4v) is 6.00. The quantitative estimate of drug-likeness (QED) is 0.813. The molecule has 1 aromatic rings. The highest BCUT2D eigenvalue weighted by molar-refractivity contribution is 7.92. The van der Waals surface area contributed by atoms with E-state index in [0.29, 0.717) is 12.0 Å². The molecule has 0 bridgehead atoms. The maximum atomic E-state index is 12.6. The van der Waals surface area contributed by atoms with E-state index in [2.05, 4.69) is 0 Å². The summed E-state index contributed by atoms with van der Waals surface area (Å²) in [6.45, 7) is 1.67. The smallest absolute Gasteiger partial charge is 0.245 e. The second-order valence-corrected chi connectivity index (χ2v) is 9.23. The van der Waals surface area contributed by atoms with Crippen molar-refractivity contribution in [2.75, 3.05) is 24.3 Å². The molecule has 112 valence electrons. The van der Waals surface area contributed by atoms with Gasteiger partial charge >= 0.3 is 0 Å². The Bertz CT molecular complexity index is 706. The third kappa shape index (κ3) is 2.68. The van der Waals surface area contributed by atoms with E-state index >= 15 is 0 Å². The molecule has 1 heterocycles. The molecule has 0 saturated carbocycles. The molecule has 1 atom stereocenters. The highest BCUT2D eigenvalue weighted by Gasteiger charge is 2.37. The number of rotatable bonds is 3. The second kappa shape index (κ2) is 5.01. The number of sulfone groups is 1. The topological polar surface area (TPSA) is 97.5 Å². The highest BCUT2D eigenvalue weighted by atomic mass is 32.2. The normalized spacial score (nSPS) is 22.2. The summed E-state index contributed by atoms with van der Waals surface area (Å²) >= 11 is 0. The van der Waals surface area contributed by atoms with Crippen molar-refractivity contribution in [2.24, 2.45) is 0 Å². The van der Waals surface area contributed by atoms with Gasteiger partial charge in [0.2, 0.25) is 10.0 Å². The number of sulfonamides is 1. The number of nitrogens with two attached hydrogens (primary N) is 1. The van der Waals surface area contributed by atoms with Gasteiger partial charge in [0.15, 0.2) is 9.84 Å². The molecule has 2 N–H and O–H groups in total. The van der Waals surface area contributed by atoms with E-state index in [1.165, 1.54) is 13.1 Å². The van der Waals surface area contributed by atoms with Gasteiger partial charge in [-0.05, 0) is 25.0 Å². The van der Waals surface area contributed by atoms with E-state index in [-0.39, 0.29) is 22.1 Å². The minimum atomic E-state index is -3.79. The van der Waals surface area contributed by atoms with Crippen molar-refractivity contribution in [1.29, 1.82) is 0 Å². The van der Waals surface area contributed by atoms with Crippen LogP contribution < -0.4 is 5.73 Å². The Hall–Kier alpha value is -1.12. The van der Waals surface area contributed by atoms with Crippen LogP contribution >= 0.6 is 0 Å².